The van der Waals surface area contributed by atoms with Gasteiger partial charge in [-0.2, -0.15) is 0 Å². The number of nitrogens with one attached hydrogen (secondary N) is 1. The molecular formula is C13H17N5O2. The number of rotatable bonds is 6. The van der Waals surface area contributed by atoms with Crippen LogP contribution in [0.5, 0.6) is 5.75 Å². The van der Waals surface area contributed by atoms with Gasteiger partial charge in [0, 0.05) is 12.6 Å². The van der Waals surface area contributed by atoms with Crippen LogP contribution in [0.1, 0.15) is 5.69 Å². The van der Waals surface area contributed by atoms with E-state index in [4.69, 9.17) is 10.5 Å². The molecule has 0 radical (unpaired) electrons. The zero-order chi connectivity index (χ0) is 14.4. The quantitative estimate of drug-likeness (QED) is 0.797. The molecule has 1 aromatic heterocycles. The molecule has 0 aliphatic heterocycles. The first kappa shape index (κ1) is 14.0. The van der Waals surface area contributed by atoms with Crippen LogP contribution < -0.4 is 15.8 Å². The number of carbonyl (C=O) groups excluding carboxylic acids is 1. The Kier molecular flexibility index (Phi) is 4.67. The fourth-order valence-electron chi connectivity index (χ4n) is 1.76. The van der Waals surface area contributed by atoms with Gasteiger partial charge >= 0.3 is 0 Å². The van der Waals surface area contributed by atoms with Gasteiger partial charge in [0.2, 0.25) is 5.91 Å². The number of methoxy groups -OCH3 is 1. The molecular weight excluding hydrogens is 258 g/mol. The van der Waals surface area contributed by atoms with Crippen LogP contribution in [-0.4, -0.2) is 34.6 Å². The molecule has 0 bridgehead atoms. The van der Waals surface area contributed by atoms with Crippen LogP contribution in [0.25, 0.3) is 0 Å². The first-order valence-electron chi connectivity index (χ1n) is 6.25. The van der Waals surface area contributed by atoms with Crippen LogP contribution in [0.15, 0.2) is 30.5 Å². The molecule has 7 heteroatoms. The summed E-state index contributed by atoms with van der Waals surface area (Å²) in [7, 11) is 1.56. The van der Waals surface area contributed by atoms with Crippen LogP contribution in [0.4, 0.5) is 5.69 Å². The molecule has 0 fully saturated rings. The monoisotopic (exact) mass is 275 g/mol. The van der Waals surface area contributed by atoms with Crippen LogP contribution in [0.3, 0.4) is 0 Å². The zero-order valence-corrected chi connectivity index (χ0v) is 11.2. The Labute approximate surface area is 116 Å². The van der Waals surface area contributed by atoms with Gasteiger partial charge in [0.15, 0.2) is 0 Å². The lowest BCUT2D eigenvalue weighted by molar-refractivity contribution is -0.116. The Morgan fingerprint density at radius 1 is 1.45 bits per heavy atom. The second-order valence-corrected chi connectivity index (χ2v) is 4.19. The van der Waals surface area contributed by atoms with Gasteiger partial charge in [-0.1, -0.05) is 17.3 Å². The van der Waals surface area contributed by atoms with Crippen molar-refractivity contribution < 1.29 is 9.53 Å². The largest absolute Gasteiger partial charge is 0.495 e. The van der Waals surface area contributed by atoms with E-state index in [9.17, 15) is 4.79 Å². The molecule has 0 saturated heterocycles. The number of anilines is 1. The SMILES string of the molecule is COc1ccccc1NC(=O)Cn1cc(CCN)nn1. The van der Waals surface area contributed by atoms with Crippen molar-refractivity contribution in [3.63, 3.8) is 0 Å². The summed E-state index contributed by atoms with van der Waals surface area (Å²) < 4.78 is 6.65. The lowest BCUT2D eigenvalue weighted by Crippen LogP contribution is -2.19. The maximum atomic E-state index is 11.9. The van der Waals surface area contributed by atoms with Crippen LogP contribution in [0, 0.1) is 0 Å². The third-order valence-corrected chi connectivity index (χ3v) is 2.67. The van der Waals surface area contributed by atoms with Crippen molar-refractivity contribution in [1.82, 2.24) is 15.0 Å². The lowest BCUT2D eigenvalue weighted by Gasteiger charge is -2.09. The number of nitrogens with zero attached hydrogens (tertiary/aromatic N) is 3. The molecule has 7 nitrogen and oxygen atoms in total. The molecule has 0 saturated carbocycles. The van der Waals surface area contributed by atoms with Gasteiger partial charge in [-0.25, -0.2) is 4.68 Å². The van der Waals surface area contributed by atoms with Gasteiger partial charge in [0.1, 0.15) is 12.3 Å². The molecule has 2 aromatic rings. The molecule has 2 rings (SSSR count). The highest BCUT2D eigenvalue weighted by atomic mass is 16.5. The van der Waals surface area contributed by atoms with Crippen molar-refractivity contribution in [2.24, 2.45) is 5.73 Å². The third-order valence-electron chi connectivity index (χ3n) is 2.67. The van der Waals surface area contributed by atoms with E-state index in [2.05, 4.69) is 15.6 Å². The second-order valence-electron chi connectivity index (χ2n) is 4.19. The number of aromatic nitrogens is 3. The van der Waals surface area contributed by atoms with E-state index in [1.165, 1.54) is 4.68 Å². The average molecular weight is 275 g/mol. The zero-order valence-electron chi connectivity index (χ0n) is 11.2. The Morgan fingerprint density at radius 2 is 2.25 bits per heavy atom. The highest BCUT2D eigenvalue weighted by Crippen LogP contribution is 2.22. The van der Waals surface area contributed by atoms with Crippen molar-refractivity contribution in [3.05, 3.63) is 36.2 Å². The molecule has 0 unspecified atom stereocenters. The van der Waals surface area contributed by atoms with E-state index in [-0.39, 0.29) is 12.5 Å². The molecule has 106 valence electrons. The van der Waals surface area contributed by atoms with Crippen LogP contribution >= 0.6 is 0 Å². The molecule has 0 aliphatic rings. The molecule has 0 aliphatic carbocycles. The number of para-hydroxylation sites is 2. The van der Waals surface area contributed by atoms with Crippen molar-refractivity contribution in [2.45, 2.75) is 13.0 Å². The molecule has 0 atom stereocenters. The van der Waals surface area contributed by atoms with Crippen molar-refractivity contribution >= 4 is 11.6 Å². The molecule has 0 spiro atoms. The fourth-order valence-corrected chi connectivity index (χ4v) is 1.76. The van der Waals surface area contributed by atoms with Gasteiger partial charge in [-0.05, 0) is 18.7 Å². The van der Waals surface area contributed by atoms with E-state index >= 15 is 0 Å². The van der Waals surface area contributed by atoms with Gasteiger partial charge in [-0.15, -0.1) is 5.10 Å². The minimum atomic E-state index is -0.196. The minimum absolute atomic E-state index is 0.0929. The van der Waals surface area contributed by atoms with E-state index in [1.807, 2.05) is 12.1 Å². The van der Waals surface area contributed by atoms with Crippen molar-refractivity contribution in [3.8, 4) is 5.75 Å². The standard InChI is InChI=1S/C13H17N5O2/c1-20-12-5-3-2-4-11(12)15-13(19)9-18-8-10(6-7-14)16-17-18/h2-5,8H,6-7,9,14H2,1H3,(H,15,19). The number of nitrogens with two attached hydrogens (primary N) is 1. The smallest absolute Gasteiger partial charge is 0.246 e. The van der Waals surface area contributed by atoms with E-state index in [0.717, 1.165) is 5.69 Å². The minimum Gasteiger partial charge on any atom is -0.495 e. The van der Waals surface area contributed by atoms with E-state index in [1.54, 1.807) is 25.4 Å². The van der Waals surface area contributed by atoms with Crippen LogP contribution in [-0.2, 0) is 17.8 Å². The maximum Gasteiger partial charge on any atom is 0.246 e. The van der Waals surface area contributed by atoms with Gasteiger partial charge in [0.05, 0.1) is 18.5 Å². The van der Waals surface area contributed by atoms with Gasteiger partial charge in [0.25, 0.3) is 0 Å². The number of carbonyl (C=O) groups is 1. The van der Waals surface area contributed by atoms with Crippen molar-refractivity contribution in [1.29, 1.82) is 0 Å². The van der Waals surface area contributed by atoms with Crippen molar-refractivity contribution in [2.75, 3.05) is 19.0 Å². The first-order chi connectivity index (χ1) is 9.72. The number of amides is 1. The Hall–Kier alpha value is -2.41. The average Bonchev–Trinajstić information content (AvgIpc) is 2.87. The Bertz CT molecular complexity index is 582. The number of benzene rings is 1. The molecule has 3 N–H and O–H groups in total. The number of hydrogen-bond donors (Lipinski definition) is 2. The number of hydrogen-bond acceptors (Lipinski definition) is 5. The molecule has 20 heavy (non-hydrogen) atoms. The summed E-state index contributed by atoms with van der Waals surface area (Å²) in [5, 5.41) is 10.6. The normalized spacial score (nSPS) is 10.3. The summed E-state index contributed by atoms with van der Waals surface area (Å²) in [6.45, 7) is 0.599. The van der Waals surface area contributed by atoms with E-state index < -0.39 is 0 Å². The summed E-state index contributed by atoms with van der Waals surface area (Å²) in [6, 6.07) is 7.22. The Balaban J connectivity index is 1.97. The summed E-state index contributed by atoms with van der Waals surface area (Å²) >= 11 is 0. The predicted molar refractivity (Wildman–Crippen MR) is 74.4 cm³/mol. The summed E-state index contributed by atoms with van der Waals surface area (Å²) in [5.41, 5.74) is 6.84. The van der Waals surface area contributed by atoms with Gasteiger partial charge in [-0.3, -0.25) is 4.79 Å². The highest BCUT2D eigenvalue weighted by Gasteiger charge is 2.09. The molecule has 1 amide bonds. The van der Waals surface area contributed by atoms with Crippen LogP contribution in [0.2, 0.25) is 0 Å². The van der Waals surface area contributed by atoms with E-state index in [0.29, 0.717) is 24.4 Å². The second kappa shape index (κ2) is 6.67. The van der Waals surface area contributed by atoms with Gasteiger partial charge < -0.3 is 15.8 Å². The predicted octanol–water partition coefficient (Wildman–Crippen LogP) is 0.427. The topological polar surface area (TPSA) is 95.1 Å². The summed E-state index contributed by atoms with van der Waals surface area (Å²) in [4.78, 5) is 11.9. The Morgan fingerprint density at radius 3 is 3.00 bits per heavy atom. The summed E-state index contributed by atoms with van der Waals surface area (Å²) in [6.07, 6.45) is 2.36. The lowest BCUT2D eigenvalue weighted by atomic mass is 10.3. The number of ether oxygens (including phenoxy) is 1. The fraction of sp³-hybridized carbons (Fsp3) is 0.308. The summed E-state index contributed by atoms with van der Waals surface area (Å²) in [5.74, 6) is 0.418. The first-order valence-corrected chi connectivity index (χ1v) is 6.25. The highest BCUT2D eigenvalue weighted by molar-refractivity contribution is 5.92. The maximum absolute atomic E-state index is 11.9. The third kappa shape index (κ3) is 3.55. The molecule has 1 heterocycles. The molecule has 1 aromatic carbocycles.